The van der Waals surface area contributed by atoms with Gasteiger partial charge in [0, 0.05) is 6.20 Å². The number of ether oxygens (including phenoxy) is 2. The van der Waals surface area contributed by atoms with E-state index in [4.69, 9.17) is 9.47 Å². The molecular weight excluding hydrogens is 276 g/mol. The first-order chi connectivity index (χ1) is 10.2. The van der Waals surface area contributed by atoms with Gasteiger partial charge in [-0.05, 0) is 18.2 Å². The quantitative estimate of drug-likeness (QED) is 0.525. The van der Waals surface area contributed by atoms with Gasteiger partial charge in [0.05, 0.1) is 22.8 Å². The third kappa shape index (κ3) is 2.73. The monoisotopic (exact) mass is 286 g/mol. The number of nitro groups is 1. The average Bonchev–Trinajstić information content (AvgIpc) is 2.94. The summed E-state index contributed by atoms with van der Waals surface area (Å²) in [6.45, 7) is 0.0548. The van der Waals surface area contributed by atoms with Crippen molar-refractivity contribution in [2.45, 2.75) is 0 Å². The van der Waals surface area contributed by atoms with Crippen LogP contribution in [0.4, 0.5) is 11.5 Å². The van der Waals surface area contributed by atoms with Gasteiger partial charge < -0.3 is 9.47 Å². The second kappa shape index (κ2) is 5.45. The number of fused-ring (bicyclic) bond motifs is 1. The van der Waals surface area contributed by atoms with Crippen molar-refractivity contribution in [3.05, 3.63) is 52.2 Å². The van der Waals surface area contributed by atoms with Gasteiger partial charge in [-0.25, -0.2) is 4.98 Å². The number of hydrazone groups is 1. The van der Waals surface area contributed by atoms with Crippen LogP contribution in [0.2, 0.25) is 0 Å². The molecule has 1 N–H and O–H groups in total. The molecule has 0 saturated heterocycles. The molecule has 0 radical (unpaired) electrons. The lowest BCUT2D eigenvalue weighted by Crippen LogP contribution is -1.97. The maximum Gasteiger partial charge on any atom is 0.282 e. The normalized spacial score (nSPS) is 12.6. The topological polar surface area (TPSA) is 98.9 Å². The van der Waals surface area contributed by atoms with E-state index in [0.717, 1.165) is 0 Å². The van der Waals surface area contributed by atoms with E-state index < -0.39 is 4.92 Å². The zero-order chi connectivity index (χ0) is 14.7. The third-order valence-corrected chi connectivity index (χ3v) is 2.77. The number of pyridine rings is 1. The van der Waals surface area contributed by atoms with E-state index in [9.17, 15) is 10.1 Å². The summed E-state index contributed by atoms with van der Waals surface area (Å²) >= 11 is 0. The van der Waals surface area contributed by atoms with Crippen molar-refractivity contribution in [3.63, 3.8) is 0 Å². The maximum atomic E-state index is 11.1. The fourth-order valence-electron chi connectivity index (χ4n) is 1.81. The van der Waals surface area contributed by atoms with E-state index in [1.807, 2.05) is 0 Å². The number of nitrogens with zero attached hydrogens (tertiary/aromatic N) is 3. The fourth-order valence-corrected chi connectivity index (χ4v) is 1.81. The third-order valence-electron chi connectivity index (χ3n) is 2.77. The predicted molar refractivity (Wildman–Crippen MR) is 74.7 cm³/mol. The van der Waals surface area contributed by atoms with Gasteiger partial charge in [-0.15, -0.1) is 0 Å². The zero-order valence-electron chi connectivity index (χ0n) is 10.7. The van der Waals surface area contributed by atoms with Gasteiger partial charge in [-0.1, -0.05) is 6.07 Å². The van der Waals surface area contributed by atoms with Gasteiger partial charge in [0.1, 0.15) is 5.82 Å². The molecule has 1 aromatic carbocycles. The molecule has 106 valence electrons. The summed E-state index contributed by atoms with van der Waals surface area (Å²) < 4.78 is 10.3. The van der Waals surface area contributed by atoms with Crippen molar-refractivity contribution >= 4 is 17.7 Å². The zero-order valence-corrected chi connectivity index (χ0v) is 10.7. The van der Waals surface area contributed by atoms with Crippen molar-refractivity contribution in [3.8, 4) is 11.5 Å². The van der Waals surface area contributed by atoms with E-state index in [1.54, 1.807) is 24.4 Å². The number of nitrogens with one attached hydrogen (secondary N) is 1. The van der Waals surface area contributed by atoms with Crippen LogP contribution in [0.1, 0.15) is 5.56 Å². The molecule has 1 aliphatic rings. The van der Waals surface area contributed by atoms with Crippen molar-refractivity contribution in [2.24, 2.45) is 5.10 Å². The van der Waals surface area contributed by atoms with Crippen LogP contribution in [-0.4, -0.2) is 22.9 Å². The fraction of sp³-hybridized carbons (Fsp3) is 0.0769. The highest BCUT2D eigenvalue weighted by molar-refractivity contribution is 5.87. The van der Waals surface area contributed by atoms with Crippen LogP contribution in [0.25, 0.3) is 0 Å². The molecule has 21 heavy (non-hydrogen) atoms. The highest BCUT2D eigenvalue weighted by Crippen LogP contribution is 2.37. The van der Waals surface area contributed by atoms with Gasteiger partial charge >= 0.3 is 0 Å². The SMILES string of the molecule is O=[N+]([O-])c1cc2c(cc1/C=N\Nc1ccccn1)OCO2. The van der Waals surface area contributed by atoms with Crippen LogP contribution in [-0.2, 0) is 0 Å². The highest BCUT2D eigenvalue weighted by atomic mass is 16.7. The van der Waals surface area contributed by atoms with Crippen LogP contribution in [0, 0.1) is 10.1 Å². The van der Waals surface area contributed by atoms with Crippen molar-refractivity contribution in [1.82, 2.24) is 4.98 Å². The summed E-state index contributed by atoms with van der Waals surface area (Å²) in [5.41, 5.74) is 2.90. The van der Waals surface area contributed by atoms with Crippen LogP contribution < -0.4 is 14.9 Å². The molecule has 0 saturated carbocycles. The molecule has 2 heterocycles. The molecule has 3 rings (SSSR count). The number of benzene rings is 1. The Morgan fingerprint density at radius 2 is 2.14 bits per heavy atom. The smallest absolute Gasteiger partial charge is 0.282 e. The summed E-state index contributed by atoms with van der Waals surface area (Å²) in [7, 11) is 0. The molecule has 1 aromatic heterocycles. The van der Waals surface area contributed by atoms with Gasteiger partial charge in [-0.2, -0.15) is 5.10 Å². The number of aromatic nitrogens is 1. The Morgan fingerprint density at radius 1 is 1.33 bits per heavy atom. The molecule has 1 aliphatic heterocycles. The van der Waals surface area contributed by atoms with Gasteiger partial charge in [0.15, 0.2) is 11.5 Å². The number of hydrogen-bond acceptors (Lipinski definition) is 7. The summed E-state index contributed by atoms with van der Waals surface area (Å²) in [4.78, 5) is 14.6. The van der Waals surface area contributed by atoms with Crippen LogP contribution in [0.15, 0.2) is 41.6 Å². The molecule has 0 fully saturated rings. The average molecular weight is 286 g/mol. The Kier molecular flexibility index (Phi) is 3.34. The molecule has 0 unspecified atom stereocenters. The molecule has 0 atom stereocenters. The van der Waals surface area contributed by atoms with E-state index in [-0.39, 0.29) is 12.5 Å². The molecule has 2 aromatic rings. The minimum absolute atomic E-state index is 0.0548. The standard InChI is InChI=1S/C13H10N4O4/c18-17(19)10-6-12-11(20-8-21-12)5-9(10)7-15-16-13-3-1-2-4-14-13/h1-7H,8H2,(H,14,16)/b15-7-. The van der Waals surface area contributed by atoms with E-state index in [1.165, 1.54) is 18.3 Å². The van der Waals surface area contributed by atoms with Crippen molar-refractivity contribution in [2.75, 3.05) is 12.2 Å². The van der Waals surface area contributed by atoms with Crippen LogP contribution in [0.5, 0.6) is 11.5 Å². The Labute approximate surface area is 119 Å². The highest BCUT2D eigenvalue weighted by Gasteiger charge is 2.22. The molecule has 0 spiro atoms. The lowest BCUT2D eigenvalue weighted by Gasteiger charge is -2.01. The van der Waals surface area contributed by atoms with Gasteiger partial charge in [0.2, 0.25) is 6.79 Å². The van der Waals surface area contributed by atoms with Crippen LogP contribution >= 0.6 is 0 Å². The number of rotatable bonds is 4. The molecule has 0 aliphatic carbocycles. The Balaban J connectivity index is 1.85. The van der Waals surface area contributed by atoms with E-state index in [2.05, 4.69) is 15.5 Å². The minimum atomic E-state index is -0.496. The first-order valence-electron chi connectivity index (χ1n) is 6.02. The minimum Gasteiger partial charge on any atom is -0.454 e. The lowest BCUT2D eigenvalue weighted by molar-refractivity contribution is -0.385. The first-order valence-corrected chi connectivity index (χ1v) is 6.02. The maximum absolute atomic E-state index is 11.1. The first kappa shape index (κ1) is 12.9. The molecule has 8 heteroatoms. The van der Waals surface area contributed by atoms with Crippen molar-refractivity contribution < 1.29 is 14.4 Å². The Morgan fingerprint density at radius 3 is 2.86 bits per heavy atom. The number of hydrogen-bond donors (Lipinski definition) is 1. The molecular formula is C13H10N4O4. The van der Waals surface area contributed by atoms with E-state index >= 15 is 0 Å². The van der Waals surface area contributed by atoms with E-state index in [0.29, 0.717) is 22.9 Å². The van der Waals surface area contributed by atoms with Gasteiger partial charge in [-0.3, -0.25) is 15.5 Å². The lowest BCUT2D eigenvalue weighted by atomic mass is 10.1. The Bertz CT molecular complexity index is 703. The summed E-state index contributed by atoms with van der Waals surface area (Å²) in [5, 5.41) is 15.0. The second-order valence-electron chi connectivity index (χ2n) is 4.11. The summed E-state index contributed by atoms with van der Waals surface area (Å²) in [5.74, 6) is 1.36. The summed E-state index contributed by atoms with van der Waals surface area (Å²) in [6.07, 6.45) is 2.95. The predicted octanol–water partition coefficient (Wildman–Crippen LogP) is 2.16. The van der Waals surface area contributed by atoms with Crippen molar-refractivity contribution in [1.29, 1.82) is 0 Å². The van der Waals surface area contributed by atoms with Gasteiger partial charge in [0.25, 0.3) is 5.69 Å². The summed E-state index contributed by atoms with van der Waals surface area (Å²) in [6, 6.07) is 8.14. The second-order valence-corrected chi connectivity index (χ2v) is 4.11. The largest absolute Gasteiger partial charge is 0.454 e. The van der Waals surface area contributed by atoms with Crippen LogP contribution in [0.3, 0.4) is 0 Å². The molecule has 0 bridgehead atoms. The molecule has 0 amide bonds. The molecule has 8 nitrogen and oxygen atoms in total. The number of nitro benzene ring substituents is 1. The Hall–Kier alpha value is -3.16. The number of anilines is 1.